The van der Waals surface area contributed by atoms with Crippen LogP contribution in [0.4, 0.5) is 13.2 Å². The molecule has 148 valence electrons. The maximum Gasteiger partial charge on any atom is 0.411 e. The van der Waals surface area contributed by atoms with Crippen LogP contribution in [0.15, 0.2) is 48.7 Å². The Kier molecular flexibility index (Phi) is 5.12. The van der Waals surface area contributed by atoms with Gasteiger partial charge in [0.2, 0.25) is 5.82 Å². The van der Waals surface area contributed by atoms with E-state index in [0.29, 0.717) is 21.8 Å². The van der Waals surface area contributed by atoms with E-state index in [1.807, 2.05) is 5.32 Å². The molecule has 0 saturated carbocycles. The number of rotatable bonds is 4. The molecule has 28 heavy (non-hydrogen) atoms. The number of hydrogen-bond donors (Lipinski definition) is 2. The Bertz CT molecular complexity index is 1010. The molecular weight excluding hydrogens is 395 g/mol. The van der Waals surface area contributed by atoms with Gasteiger partial charge in [0.05, 0.1) is 16.8 Å². The molecule has 0 aliphatic heterocycles. The third kappa shape index (κ3) is 3.98. The first-order valence-corrected chi connectivity index (χ1v) is 8.69. The summed E-state index contributed by atoms with van der Waals surface area (Å²) in [5.41, 5.74) is -0.663. The molecule has 0 aliphatic carbocycles. The predicted octanol–water partition coefficient (Wildman–Crippen LogP) is 4.09. The lowest BCUT2D eigenvalue weighted by Gasteiger charge is -2.31. The third-order valence-corrected chi connectivity index (χ3v) is 4.39. The van der Waals surface area contributed by atoms with Crippen LogP contribution >= 0.6 is 11.6 Å². The van der Waals surface area contributed by atoms with Gasteiger partial charge in [-0.2, -0.15) is 13.2 Å². The van der Waals surface area contributed by atoms with Crippen LogP contribution in [-0.2, 0) is 0 Å². The number of aliphatic hydroxyl groups is 1. The Labute approximate surface area is 163 Å². The van der Waals surface area contributed by atoms with Crippen molar-refractivity contribution in [1.29, 1.82) is 0 Å². The number of hydrogen-bond acceptors (Lipinski definition) is 3. The Morgan fingerprint density at radius 2 is 1.93 bits per heavy atom. The van der Waals surface area contributed by atoms with E-state index in [9.17, 15) is 23.1 Å². The number of imidazole rings is 1. The summed E-state index contributed by atoms with van der Waals surface area (Å²) in [4.78, 5) is 16.9. The highest BCUT2D eigenvalue weighted by molar-refractivity contribution is 6.30. The van der Waals surface area contributed by atoms with Crippen molar-refractivity contribution in [2.75, 3.05) is 0 Å². The zero-order valence-electron chi connectivity index (χ0n) is 15.0. The van der Waals surface area contributed by atoms with E-state index in [0.717, 1.165) is 13.8 Å². The van der Waals surface area contributed by atoms with Crippen molar-refractivity contribution in [2.24, 2.45) is 0 Å². The lowest BCUT2D eigenvalue weighted by molar-refractivity contribution is -0.192. The molecule has 0 spiro atoms. The van der Waals surface area contributed by atoms with Gasteiger partial charge in [-0.15, -0.1) is 0 Å². The number of amides is 1. The molecule has 1 atom stereocenters. The summed E-state index contributed by atoms with van der Waals surface area (Å²) in [6.45, 7) is 1.96. The van der Waals surface area contributed by atoms with Crippen LogP contribution in [0, 0.1) is 0 Å². The number of pyridine rings is 1. The number of benzene rings is 1. The van der Waals surface area contributed by atoms with E-state index in [1.165, 1.54) is 10.6 Å². The summed E-state index contributed by atoms with van der Waals surface area (Å²) in [5.74, 6) is -1.29. The fraction of sp³-hybridized carbons (Fsp3) is 0.263. The van der Waals surface area contributed by atoms with E-state index in [2.05, 4.69) is 4.98 Å². The maximum atomic E-state index is 13.3. The fourth-order valence-electron chi connectivity index (χ4n) is 2.90. The smallest absolute Gasteiger partial charge is 0.388 e. The first-order valence-electron chi connectivity index (χ1n) is 8.31. The van der Waals surface area contributed by atoms with E-state index in [-0.39, 0.29) is 5.82 Å². The molecule has 0 saturated heterocycles. The van der Waals surface area contributed by atoms with Gasteiger partial charge < -0.3 is 10.4 Å². The monoisotopic (exact) mass is 411 g/mol. The number of alkyl halides is 3. The second-order valence-corrected chi connectivity index (χ2v) is 7.29. The van der Waals surface area contributed by atoms with Crippen molar-refractivity contribution in [3.05, 3.63) is 59.5 Å². The summed E-state index contributed by atoms with van der Waals surface area (Å²) < 4.78 is 41.3. The molecule has 5 nitrogen and oxygen atoms in total. The van der Waals surface area contributed by atoms with Crippen LogP contribution in [0.1, 0.15) is 24.5 Å². The highest BCUT2D eigenvalue weighted by atomic mass is 35.5. The van der Waals surface area contributed by atoms with Crippen LogP contribution in [-0.4, -0.2) is 38.2 Å². The molecule has 9 heteroatoms. The number of carbonyl (C=O) groups is 1. The van der Waals surface area contributed by atoms with Crippen LogP contribution in [0.5, 0.6) is 0 Å². The molecule has 3 rings (SSSR count). The number of aromatic nitrogens is 2. The molecule has 3 aromatic rings. The van der Waals surface area contributed by atoms with Crippen LogP contribution in [0.25, 0.3) is 16.8 Å². The molecule has 2 N–H and O–H groups in total. The van der Waals surface area contributed by atoms with Crippen molar-refractivity contribution < 1.29 is 23.1 Å². The van der Waals surface area contributed by atoms with Gasteiger partial charge in [0, 0.05) is 16.8 Å². The minimum atomic E-state index is -4.84. The highest BCUT2D eigenvalue weighted by Gasteiger charge is 2.49. The summed E-state index contributed by atoms with van der Waals surface area (Å²) in [6.07, 6.45) is -3.31. The number of nitrogens with zero attached hydrogens (tertiary/aromatic N) is 2. The topological polar surface area (TPSA) is 66.6 Å². The van der Waals surface area contributed by atoms with Gasteiger partial charge in [-0.25, -0.2) is 4.98 Å². The Balaban J connectivity index is 2.07. The number of carbonyl (C=O) groups excluding carboxylic acids is 1. The average molecular weight is 412 g/mol. The normalized spacial score (nSPS) is 13.5. The van der Waals surface area contributed by atoms with E-state index >= 15 is 0 Å². The van der Waals surface area contributed by atoms with Crippen LogP contribution in [0.3, 0.4) is 0 Å². The molecule has 0 aliphatic rings. The summed E-state index contributed by atoms with van der Waals surface area (Å²) in [7, 11) is 0. The van der Waals surface area contributed by atoms with Crippen molar-refractivity contribution in [3.63, 3.8) is 0 Å². The Hall–Kier alpha value is -2.58. The fourth-order valence-corrected chi connectivity index (χ4v) is 3.09. The molecule has 1 amide bonds. The van der Waals surface area contributed by atoms with Gasteiger partial charge >= 0.3 is 6.18 Å². The second-order valence-electron chi connectivity index (χ2n) is 6.85. The third-order valence-electron chi connectivity index (χ3n) is 4.16. The second kappa shape index (κ2) is 7.10. The van der Waals surface area contributed by atoms with E-state index < -0.39 is 23.7 Å². The minimum Gasteiger partial charge on any atom is -0.388 e. The Morgan fingerprint density at radius 3 is 2.54 bits per heavy atom. The summed E-state index contributed by atoms with van der Waals surface area (Å²) in [6, 6.07) is 9.35. The van der Waals surface area contributed by atoms with E-state index in [1.54, 1.807) is 42.5 Å². The van der Waals surface area contributed by atoms with Crippen molar-refractivity contribution in [2.45, 2.75) is 31.7 Å². The molecule has 2 aromatic heterocycles. The number of fused-ring (bicyclic) bond motifs is 1. The molecular formula is C19H17ClF3N3O2. The van der Waals surface area contributed by atoms with E-state index in [4.69, 9.17) is 11.6 Å². The molecule has 1 unspecified atom stereocenters. The zero-order valence-corrected chi connectivity index (χ0v) is 15.7. The lowest BCUT2D eigenvalue weighted by Crippen LogP contribution is -2.57. The van der Waals surface area contributed by atoms with Crippen LogP contribution in [0.2, 0.25) is 5.02 Å². The largest absolute Gasteiger partial charge is 0.411 e. The van der Waals surface area contributed by atoms with Gasteiger partial charge in [-0.05, 0) is 38.1 Å². The summed E-state index contributed by atoms with van der Waals surface area (Å²) >= 11 is 6.02. The lowest BCUT2D eigenvalue weighted by atomic mass is 9.98. The first-order chi connectivity index (χ1) is 13.0. The average Bonchev–Trinajstić information content (AvgIpc) is 2.97. The minimum absolute atomic E-state index is 0.232. The maximum absolute atomic E-state index is 13.3. The summed E-state index contributed by atoms with van der Waals surface area (Å²) in [5, 5.41) is 12.2. The van der Waals surface area contributed by atoms with Gasteiger partial charge in [0.25, 0.3) is 5.91 Å². The molecule has 2 heterocycles. The SMILES string of the molecule is CC(C)(O)C(NC(=O)c1nc(-c2cccc(Cl)c2)c2ccccn12)C(F)(F)F. The molecule has 0 bridgehead atoms. The highest BCUT2D eigenvalue weighted by Crippen LogP contribution is 2.30. The van der Waals surface area contributed by atoms with Crippen molar-refractivity contribution in [1.82, 2.24) is 14.7 Å². The van der Waals surface area contributed by atoms with Gasteiger partial charge in [-0.1, -0.05) is 29.8 Å². The van der Waals surface area contributed by atoms with Gasteiger partial charge in [0.15, 0.2) is 6.04 Å². The van der Waals surface area contributed by atoms with Crippen LogP contribution < -0.4 is 5.32 Å². The van der Waals surface area contributed by atoms with Gasteiger partial charge in [-0.3, -0.25) is 9.20 Å². The molecule has 1 aromatic carbocycles. The quantitative estimate of drug-likeness (QED) is 0.679. The zero-order chi connectivity index (χ0) is 20.7. The number of nitrogens with one attached hydrogen (secondary N) is 1. The molecule has 0 fully saturated rings. The van der Waals surface area contributed by atoms with Crippen molar-refractivity contribution >= 4 is 23.0 Å². The Morgan fingerprint density at radius 1 is 1.21 bits per heavy atom. The predicted molar refractivity (Wildman–Crippen MR) is 99.2 cm³/mol. The molecule has 0 radical (unpaired) electrons. The van der Waals surface area contributed by atoms with Crippen molar-refractivity contribution in [3.8, 4) is 11.3 Å². The first kappa shape index (κ1) is 20.2. The number of halogens is 4. The van der Waals surface area contributed by atoms with Gasteiger partial charge in [0.1, 0.15) is 0 Å². The standard InChI is InChI=1S/C19H17ClF3N3O2/c1-18(2,28)17(19(21,22)23)25-16(27)15-24-14(11-6-5-7-12(20)10-11)13-8-3-4-9-26(13)15/h3-10,17,28H,1-2H3,(H,25,27).